The van der Waals surface area contributed by atoms with Crippen LogP contribution in [0.5, 0.6) is 0 Å². The Kier molecular flexibility index (Phi) is 6.03. The van der Waals surface area contributed by atoms with Crippen molar-refractivity contribution in [2.24, 2.45) is 5.92 Å². The first-order chi connectivity index (χ1) is 10.6. The van der Waals surface area contributed by atoms with Crippen molar-refractivity contribution in [2.75, 3.05) is 6.54 Å². The van der Waals surface area contributed by atoms with Crippen LogP contribution in [0.4, 0.5) is 0 Å². The minimum absolute atomic E-state index is 0.0367. The number of rotatable bonds is 5. The fraction of sp³-hybridized carbons (Fsp3) is 0.350. The van der Waals surface area contributed by atoms with E-state index < -0.39 is 0 Å². The summed E-state index contributed by atoms with van der Waals surface area (Å²) in [5, 5.41) is 2.95. The maximum absolute atomic E-state index is 11.8. The molecular weight excluding hydrogens is 270 g/mol. The van der Waals surface area contributed by atoms with Crippen LogP contribution in [0, 0.1) is 17.8 Å². The molecule has 0 saturated carbocycles. The van der Waals surface area contributed by atoms with Crippen LogP contribution < -0.4 is 5.32 Å². The standard InChI is InChI=1S/C20H23NO/c1-16-4-3-5-18(9-6-16)12-13-20(22)21-15-14-19-10-7-17(2)8-11-19/h6-10,12-13,19H,5,11,14-15H2,1-2H3,(H,21,22)/b13-12+. The molecule has 1 amide bonds. The van der Waals surface area contributed by atoms with E-state index in [4.69, 9.17) is 0 Å². The largest absolute Gasteiger partial charge is 0.353 e. The van der Waals surface area contributed by atoms with Crippen molar-refractivity contribution in [2.45, 2.75) is 33.1 Å². The number of carbonyl (C=O) groups excluding carboxylic acids is 1. The summed E-state index contributed by atoms with van der Waals surface area (Å²) < 4.78 is 0. The van der Waals surface area contributed by atoms with Gasteiger partial charge in [0.15, 0.2) is 0 Å². The van der Waals surface area contributed by atoms with E-state index in [0.717, 1.165) is 24.0 Å². The molecule has 114 valence electrons. The van der Waals surface area contributed by atoms with Gasteiger partial charge in [-0.05, 0) is 43.8 Å². The molecule has 0 radical (unpaired) electrons. The molecule has 1 unspecified atom stereocenters. The Balaban J connectivity index is 1.71. The van der Waals surface area contributed by atoms with Crippen molar-refractivity contribution in [3.05, 3.63) is 59.3 Å². The molecule has 0 fully saturated rings. The maximum Gasteiger partial charge on any atom is 0.243 e. The molecule has 22 heavy (non-hydrogen) atoms. The summed E-state index contributed by atoms with van der Waals surface area (Å²) >= 11 is 0. The number of hydrogen-bond donors (Lipinski definition) is 1. The third-order valence-electron chi connectivity index (χ3n) is 3.76. The molecule has 0 bridgehead atoms. The fourth-order valence-electron chi connectivity index (χ4n) is 2.34. The second-order valence-corrected chi connectivity index (χ2v) is 5.79. The van der Waals surface area contributed by atoms with E-state index >= 15 is 0 Å². The van der Waals surface area contributed by atoms with Crippen molar-refractivity contribution in [3.63, 3.8) is 0 Å². The first-order valence-electron chi connectivity index (χ1n) is 7.80. The van der Waals surface area contributed by atoms with Gasteiger partial charge in [0, 0.05) is 19.0 Å². The van der Waals surface area contributed by atoms with Crippen molar-refractivity contribution in [3.8, 4) is 11.8 Å². The molecule has 2 rings (SSSR count). The quantitative estimate of drug-likeness (QED) is 0.605. The Hall–Kier alpha value is -2.27. The highest BCUT2D eigenvalue weighted by molar-refractivity contribution is 5.87. The Bertz CT molecular complexity index is 632. The van der Waals surface area contributed by atoms with E-state index in [2.05, 4.69) is 42.3 Å². The second kappa shape index (κ2) is 8.24. The molecule has 0 spiro atoms. The summed E-state index contributed by atoms with van der Waals surface area (Å²) in [6, 6.07) is 0. The lowest BCUT2D eigenvalue weighted by Gasteiger charge is -2.14. The SMILES string of the molecule is CC1=CC=C(/C=C/C(=O)NCCC2C=CC(C)=CC2)CC#C1. The van der Waals surface area contributed by atoms with Gasteiger partial charge in [-0.25, -0.2) is 0 Å². The molecule has 0 aromatic carbocycles. The van der Waals surface area contributed by atoms with Gasteiger partial charge in [0.25, 0.3) is 0 Å². The molecular formula is C20H23NO. The van der Waals surface area contributed by atoms with Gasteiger partial charge >= 0.3 is 0 Å². The number of hydrogen-bond acceptors (Lipinski definition) is 1. The zero-order valence-corrected chi connectivity index (χ0v) is 13.4. The van der Waals surface area contributed by atoms with Crippen LogP contribution in [0.3, 0.4) is 0 Å². The summed E-state index contributed by atoms with van der Waals surface area (Å²) in [5.41, 5.74) is 3.44. The molecule has 0 aliphatic heterocycles. The van der Waals surface area contributed by atoms with Gasteiger partial charge in [-0.2, -0.15) is 0 Å². The van der Waals surface area contributed by atoms with Crippen LogP contribution in [-0.2, 0) is 4.79 Å². The van der Waals surface area contributed by atoms with E-state index in [9.17, 15) is 4.79 Å². The van der Waals surface area contributed by atoms with Crippen LogP contribution in [0.25, 0.3) is 0 Å². The first-order valence-corrected chi connectivity index (χ1v) is 7.80. The van der Waals surface area contributed by atoms with E-state index in [1.165, 1.54) is 5.57 Å². The lowest BCUT2D eigenvalue weighted by Crippen LogP contribution is -2.23. The Morgan fingerprint density at radius 2 is 2.27 bits per heavy atom. The predicted molar refractivity (Wildman–Crippen MR) is 92.0 cm³/mol. The molecule has 1 N–H and O–H groups in total. The molecule has 0 saturated heterocycles. The minimum Gasteiger partial charge on any atom is -0.353 e. The molecule has 0 aromatic heterocycles. The van der Waals surface area contributed by atoms with Gasteiger partial charge in [0.1, 0.15) is 0 Å². The van der Waals surface area contributed by atoms with Crippen molar-refractivity contribution >= 4 is 5.91 Å². The van der Waals surface area contributed by atoms with E-state index in [0.29, 0.717) is 18.9 Å². The smallest absolute Gasteiger partial charge is 0.243 e. The van der Waals surface area contributed by atoms with Crippen LogP contribution >= 0.6 is 0 Å². The zero-order valence-electron chi connectivity index (χ0n) is 13.4. The summed E-state index contributed by atoms with van der Waals surface area (Å²) in [6.07, 6.45) is 16.8. The Morgan fingerprint density at radius 3 is 3.05 bits per heavy atom. The predicted octanol–water partition coefficient (Wildman–Crippen LogP) is 3.85. The van der Waals surface area contributed by atoms with E-state index in [1.807, 2.05) is 25.2 Å². The third-order valence-corrected chi connectivity index (χ3v) is 3.76. The second-order valence-electron chi connectivity index (χ2n) is 5.79. The average Bonchev–Trinajstić information content (AvgIpc) is 2.72. The highest BCUT2D eigenvalue weighted by Gasteiger charge is 2.07. The van der Waals surface area contributed by atoms with Gasteiger partial charge in [-0.3, -0.25) is 4.79 Å². The first kappa shape index (κ1) is 16.1. The van der Waals surface area contributed by atoms with Crippen LogP contribution in [0.2, 0.25) is 0 Å². The summed E-state index contributed by atoms with van der Waals surface area (Å²) in [7, 11) is 0. The third kappa shape index (κ3) is 5.61. The average molecular weight is 293 g/mol. The van der Waals surface area contributed by atoms with Crippen molar-refractivity contribution in [1.29, 1.82) is 0 Å². The summed E-state index contributed by atoms with van der Waals surface area (Å²) in [4.78, 5) is 11.8. The fourth-order valence-corrected chi connectivity index (χ4v) is 2.34. The van der Waals surface area contributed by atoms with Crippen LogP contribution in [-0.4, -0.2) is 12.5 Å². The van der Waals surface area contributed by atoms with Crippen molar-refractivity contribution in [1.82, 2.24) is 5.32 Å². The number of amides is 1. The number of nitrogens with one attached hydrogen (secondary N) is 1. The molecule has 2 aliphatic carbocycles. The molecule has 2 aliphatic rings. The topological polar surface area (TPSA) is 29.1 Å². The maximum atomic E-state index is 11.8. The number of carbonyl (C=O) groups is 1. The minimum atomic E-state index is -0.0367. The van der Waals surface area contributed by atoms with Gasteiger partial charge < -0.3 is 5.32 Å². The van der Waals surface area contributed by atoms with E-state index in [-0.39, 0.29) is 5.91 Å². The molecule has 0 aromatic rings. The van der Waals surface area contributed by atoms with Gasteiger partial charge in [0.2, 0.25) is 5.91 Å². The summed E-state index contributed by atoms with van der Waals surface area (Å²) in [6.45, 7) is 4.81. The Morgan fingerprint density at radius 1 is 1.41 bits per heavy atom. The lowest BCUT2D eigenvalue weighted by atomic mass is 9.94. The molecule has 2 nitrogen and oxygen atoms in total. The van der Waals surface area contributed by atoms with E-state index in [1.54, 1.807) is 6.08 Å². The number of allylic oxidation sites excluding steroid dienone is 9. The highest BCUT2D eigenvalue weighted by Crippen LogP contribution is 2.18. The Labute approximate surface area is 133 Å². The summed E-state index contributed by atoms with van der Waals surface area (Å²) in [5.74, 6) is 6.63. The molecule has 1 atom stereocenters. The monoisotopic (exact) mass is 293 g/mol. The van der Waals surface area contributed by atoms with Crippen LogP contribution in [0.15, 0.2) is 59.3 Å². The van der Waals surface area contributed by atoms with Crippen LogP contribution in [0.1, 0.15) is 33.1 Å². The highest BCUT2D eigenvalue weighted by atomic mass is 16.1. The van der Waals surface area contributed by atoms with Gasteiger partial charge in [-0.1, -0.05) is 53.9 Å². The lowest BCUT2D eigenvalue weighted by molar-refractivity contribution is -0.116. The van der Waals surface area contributed by atoms with Gasteiger partial charge in [-0.15, -0.1) is 0 Å². The van der Waals surface area contributed by atoms with Gasteiger partial charge in [0.05, 0.1) is 0 Å². The molecule has 2 heteroatoms. The molecule has 0 heterocycles. The zero-order chi connectivity index (χ0) is 15.8. The normalized spacial score (nSPS) is 20.5. The van der Waals surface area contributed by atoms with Crippen molar-refractivity contribution < 1.29 is 4.79 Å².